The Labute approximate surface area is 163 Å². The highest BCUT2D eigenvalue weighted by Gasteiger charge is 2.26. The molecule has 2 heterocycles. The molecule has 0 spiro atoms. The van der Waals surface area contributed by atoms with Gasteiger partial charge in [-0.15, -0.1) is 23.7 Å². The highest BCUT2D eigenvalue weighted by atomic mass is 35.5. The van der Waals surface area contributed by atoms with E-state index < -0.39 is 6.04 Å². The summed E-state index contributed by atoms with van der Waals surface area (Å²) >= 11 is 7.85. The number of nitrogens with zero attached hydrogens (tertiary/aromatic N) is 1. The van der Waals surface area contributed by atoms with Crippen LogP contribution < -0.4 is 11.1 Å². The van der Waals surface area contributed by atoms with Crippen LogP contribution in [-0.2, 0) is 17.8 Å². The number of nitrogens with two attached hydrogens (primary N) is 1. The molecule has 1 aliphatic heterocycles. The van der Waals surface area contributed by atoms with E-state index in [9.17, 15) is 4.79 Å². The molecule has 0 saturated heterocycles. The minimum Gasteiger partial charge on any atom is -0.353 e. The first-order chi connectivity index (χ1) is 11.5. The van der Waals surface area contributed by atoms with Crippen molar-refractivity contribution in [1.82, 2.24) is 10.2 Å². The SMILES string of the molecule is CC(N)C(=O)NCC(c1ccc(Cl)cc1)N1CCc2sccc2C1.Cl. The Balaban J connectivity index is 0.00000225. The average Bonchev–Trinajstić information content (AvgIpc) is 3.04. The van der Waals surface area contributed by atoms with Crippen LogP contribution in [-0.4, -0.2) is 29.9 Å². The first kappa shape index (κ1) is 20.2. The maximum atomic E-state index is 11.9. The van der Waals surface area contributed by atoms with Gasteiger partial charge in [-0.2, -0.15) is 0 Å². The molecule has 1 amide bonds. The Bertz CT molecular complexity index is 703. The van der Waals surface area contributed by atoms with Crippen molar-refractivity contribution in [3.63, 3.8) is 0 Å². The predicted molar refractivity (Wildman–Crippen MR) is 107 cm³/mol. The lowest BCUT2D eigenvalue weighted by Gasteiger charge is -2.35. The van der Waals surface area contributed by atoms with Gasteiger partial charge in [0.25, 0.3) is 0 Å². The van der Waals surface area contributed by atoms with Crippen molar-refractivity contribution >= 4 is 41.3 Å². The summed E-state index contributed by atoms with van der Waals surface area (Å²) in [4.78, 5) is 15.8. The summed E-state index contributed by atoms with van der Waals surface area (Å²) < 4.78 is 0. The Morgan fingerprint density at radius 2 is 2.08 bits per heavy atom. The lowest BCUT2D eigenvalue weighted by atomic mass is 10.0. The van der Waals surface area contributed by atoms with Crippen LogP contribution in [0.2, 0.25) is 5.02 Å². The molecule has 2 aromatic rings. The van der Waals surface area contributed by atoms with Crippen LogP contribution in [0.15, 0.2) is 35.7 Å². The molecule has 2 atom stereocenters. The number of halogens is 2. The van der Waals surface area contributed by atoms with Gasteiger partial charge in [-0.25, -0.2) is 0 Å². The zero-order valence-electron chi connectivity index (χ0n) is 14.1. The van der Waals surface area contributed by atoms with E-state index in [0.717, 1.165) is 30.1 Å². The number of hydrogen-bond acceptors (Lipinski definition) is 4. The van der Waals surface area contributed by atoms with Gasteiger partial charge in [0.1, 0.15) is 0 Å². The van der Waals surface area contributed by atoms with E-state index in [1.165, 1.54) is 10.4 Å². The normalized spacial score (nSPS) is 16.4. The number of carbonyl (C=O) groups is 1. The number of nitrogens with one attached hydrogen (secondary N) is 1. The van der Waals surface area contributed by atoms with Crippen LogP contribution in [0.3, 0.4) is 0 Å². The first-order valence-electron chi connectivity index (χ1n) is 8.12. The molecule has 3 N–H and O–H groups in total. The van der Waals surface area contributed by atoms with Gasteiger partial charge in [-0.3, -0.25) is 9.69 Å². The molecule has 0 bridgehead atoms. The smallest absolute Gasteiger partial charge is 0.236 e. The van der Waals surface area contributed by atoms with Crippen molar-refractivity contribution in [2.75, 3.05) is 13.1 Å². The van der Waals surface area contributed by atoms with Gasteiger partial charge >= 0.3 is 0 Å². The molecule has 0 fully saturated rings. The summed E-state index contributed by atoms with van der Waals surface area (Å²) in [6.07, 6.45) is 1.05. The van der Waals surface area contributed by atoms with Gasteiger partial charge in [0.05, 0.1) is 12.1 Å². The van der Waals surface area contributed by atoms with Crippen LogP contribution in [0.25, 0.3) is 0 Å². The number of amides is 1. The Morgan fingerprint density at radius 3 is 2.76 bits per heavy atom. The molecule has 7 heteroatoms. The van der Waals surface area contributed by atoms with Crippen LogP contribution in [0.5, 0.6) is 0 Å². The minimum absolute atomic E-state index is 0. The molecular formula is C18H23Cl2N3OS. The van der Waals surface area contributed by atoms with Crippen LogP contribution in [0.4, 0.5) is 0 Å². The number of benzene rings is 1. The maximum Gasteiger partial charge on any atom is 0.236 e. The molecule has 1 aliphatic rings. The van der Waals surface area contributed by atoms with E-state index in [0.29, 0.717) is 6.54 Å². The Kier molecular flexibility index (Phi) is 7.28. The van der Waals surface area contributed by atoms with Gasteiger partial charge in [-0.05, 0) is 48.1 Å². The topological polar surface area (TPSA) is 58.4 Å². The molecule has 4 nitrogen and oxygen atoms in total. The Morgan fingerprint density at radius 1 is 1.36 bits per heavy atom. The molecule has 3 rings (SSSR count). The van der Waals surface area contributed by atoms with Gasteiger partial charge in [0.15, 0.2) is 0 Å². The van der Waals surface area contributed by atoms with Crippen LogP contribution >= 0.6 is 35.3 Å². The summed E-state index contributed by atoms with van der Waals surface area (Å²) in [7, 11) is 0. The quantitative estimate of drug-likeness (QED) is 0.809. The van der Waals surface area contributed by atoms with Gasteiger partial charge in [-0.1, -0.05) is 23.7 Å². The number of fused-ring (bicyclic) bond motifs is 1. The van der Waals surface area contributed by atoms with Crippen molar-refractivity contribution in [2.24, 2.45) is 5.73 Å². The fourth-order valence-electron chi connectivity index (χ4n) is 3.04. The number of carbonyl (C=O) groups excluding carboxylic acids is 1. The average molecular weight is 400 g/mol. The second kappa shape index (κ2) is 9.01. The second-order valence-corrected chi connectivity index (χ2v) is 7.63. The van der Waals surface area contributed by atoms with E-state index in [-0.39, 0.29) is 24.4 Å². The second-order valence-electron chi connectivity index (χ2n) is 6.19. The summed E-state index contributed by atoms with van der Waals surface area (Å²) in [5.74, 6) is -0.123. The van der Waals surface area contributed by atoms with E-state index in [4.69, 9.17) is 17.3 Å². The van der Waals surface area contributed by atoms with Crippen LogP contribution in [0, 0.1) is 0 Å². The van der Waals surface area contributed by atoms with Crippen molar-refractivity contribution in [2.45, 2.75) is 32.0 Å². The molecule has 2 unspecified atom stereocenters. The molecular weight excluding hydrogens is 377 g/mol. The molecule has 25 heavy (non-hydrogen) atoms. The van der Waals surface area contributed by atoms with Gasteiger partial charge in [0.2, 0.25) is 5.91 Å². The number of rotatable bonds is 5. The van der Waals surface area contributed by atoms with Crippen molar-refractivity contribution in [3.8, 4) is 0 Å². The van der Waals surface area contributed by atoms with E-state index in [1.807, 2.05) is 35.6 Å². The third-order valence-electron chi connectivity index (χ3n) is 4.42. The number of thiophene rings is 1. The molecule has 0 aliphatic carbocycles. The van der Waals surface area contributed by atoms with E-state index in [2.05, 4.69) is 21.7 Å². The molecule has 1 aromatic carbocycles. The molecule has 136 valence electrons. The highest BCUT2D eigenvalue weighted by molar-refractivity contribution is 7.10. The Hall–Kier alpha value is -1.11. The van der Waals surface area contributed by atoms with Crippen molar-refractivity contribution in [1.29, 1.82) is 0 Å². The van der Waals surface area contributed by atoms with Crippen LogP contribution in [0.1, 0.15) is 29.0 Å². The van der Waals surface area contributed by atoms with Gasteiger partial charge in [0, 0.05) is 29.5 Å². The zero-order valence-corrected chi connectivity index (χ0v) is 16.5. The van der Waals surface area contributed by atoms with E-state index in [1.54, 1.807) is 6.92 Å². The number of hydrogen-bond donors (Lipinski definition) is 2. The van der Waals surface area contributed by atoms with Gasteiger partial charge < -0.3 is 11.1 Å². The lowest BCUT2D eigenvalue weighted by molar-refractivity contribution is -0.122. The highest BCUT2D eigenvalue weighted by Crippen LogP contribution is 2.30. The standard InChI is InChI=1S/C18H22ClN3OS.ClH/c1-12(20)18(23)21-10-16(13-2-4-15(19)5-3-13)22-8-6-17-14(11-22)7-9-24-17;/h2-5,7,9,12,16H,6,8,10-11,20H2,1H3,(H,21,23);1H. The summed E-state index contributed by atoms with van der Waals surface area (Å²) in [5.41, 5.74) is 8.21. The van der Waals surface area contributed by atoms with Crippen molar-refractivity contribution in [3.05, 3.63) is 56.7 Å². The fraction of sp³-hybridized carbons (Fsp3) is 0.389. The summed E-state index contributed by atoms with van der Waals surface area (Å²) in [6.45, 7) is 4.13. The monoisotopic (exact) mass is 399 g/mol. The maximum absolute atomic E-state index is 11.9. The zero-order chi connectivity index (χ0) is 17.1. The van der Waals surface area contributed by atoms with E-state index >= 15 is 0 Å². The minimum atomic E-state index is -0.499. The third kappa shape index (κ3) is 4.96. The molecule has 0 saturated carbocycles. The molecule has 1 aromatic heterocycles. The lowest BCUT2D eigenvalue weighted by Crippen LogP contribution is -2.44. The molecule has 0 radical (unpaired) electrons. The first-order valence-corrected chi connectivity index (χ1v) is 9.38. The largest absolute Gasteiger partial charge is 0.353 e. The summed E-state index contributed by atoms with van der Waals surface area (Å²) in [6, 6.07) is 9.68. The fourth-order valence-corrected chi connectivity index (χ4v) is 4.05. The third-order valence-corrected chi connectivity index (χ3v) is 5.69. The van der Waals surface area contributed by atoms with Crippen molar-refractivity contribution < 1.29 is 4.79 Å². The summed E-state index contributed by atoms with van der Waals surface area (Å²) in [5, 5.41) is 5.85. The predicted octanol–water partition coefficient (Wildman–Crippen LogP) is 3.39.